The van der Waals surface area contributed by atoms with Crippen LogP contribution in [-0.4, -0.2) is 17.2 Å². The summed E-state index contributed by atoms with van der Waals surface area (Å²) < 4.78 is 5.39. The van der Waals surface area contributed by atoms with E-state index in [1.165, 1.54) is 16.7 Å². The van der Waals surface area contributed by atoms with Gasteiger partial charge in [0.05, 0.1) is 13.2 Å². The number of nitrogens with zero attached hydrogens (tertiary/aromatic N) is 1. The van der Waals surface area contributed by atoms with Crippen molar-refractivity contribution in [3.63, 3.8) is 0 Å². The zero-order chi connectivity index (χ0) is 18.7. The van der Waals surface area contributed by atoms with E-state index in [1.807, 2.05) is 24.3 Å². The SMILES string of the molecule is COc1ccc(NC(=S)N[C@@H](C)c2ccc(C)cc2C)c2cccnc12. The third-order valence-electron chi connectivity index (χ3n) is 4.44. The lowest BCUT2D eigenvalue weighted by Crippen LogP contribution is -2.31. The van der Waals surface area contributed by atoms with Gasteiger partial charge in [0.1, 0.15) is 11.3 Å². The van der Waals surface area contributed by atoms with Gasteiger partial charge in [-0.25, -0.2) is 0 Å². The average molecular weight is 366 g/mol. The van der Waals surface area contributed by atoms with Crippen molar-refractivity contribution >= 4 is 33.9 Å². The highest BCUT2D eigenvalue weighted by atomic mass is 32.1. The number of nitrogens with one attached hydrogen (secondary N) is 2. The fraction of sp³-hybridized carbons (Fsp3) is 0.238. The number of anilines is 1. The first-order valence-electron chi connectivity index (χ1n) is 8.56. The minimum Gasteiger partial charge on any atom is -0.494 e. The molecule has 0 bridgehead atoms. The zero-order valence-electron chi connectivity index (χ0n) is 15.5. The lowest BCUT2D eigenvalue weighted by Gasteiger charge is -2.20. The number of rotatable bonds is 4. The van der Waals surface area contributed by atoms with Crippen LogP contribution in [0, 0.1) is 13.8 Å². The molecular weight excluding hydrogens is 342 g/mol. The number of ether oxygens (including phenoxy) is 1. The van der Waals surface area contributed by atoms with Crippen LogP contribution in [0.4, 0.5) is 5.69 Å². The number of aryl methyl sites for hydroxylation is 2. The summed E-state index contributed by atoms with van der Waals surface area (Å²) in [5, 5.41) is 8.20. The molecule has 0 unspecified atom stereocenters. The van der Waals surface area contributed by atoms with Gasteiger partial charge in [-0.3, -0.25) is 4.98 Å². The van der Waals surface area contributed by atoms with E-state index in [0.717, 1.165) is 22.3 Å². The summed E-state index contributed by atoms with van der Waals surface area (Å²) in [6.45, 7) is 6.34. The molecular formula is C21H23N3OS. The van der Waals surface area contributed by atoms with Crippen LogP contribution in [0.5, 0.6) is 5.75 Å². The molecule has 1 atom stereocenters. The van der Waals surface area contributed by atoms with Crippen molar-refractivity contribution in [1.82, 2.24) is 10.3 Å². The minimum atomic E-state index is 0.109. The molecule has 5 heteroatoms. The fourth-order valence-corrected chi connectivity index (χ4v) is 3.45. The van der Waals surface area contributed by atoms with Crippen LogP contribution in [0.15, 0.2) is 48.7 Å². The Labute approximate surface area is 159 Å². The molecule has 0 aliphatic carbocycles. The molecule has 134 valence electrons. The topological polar surface area (TPSA) is 46.2 Å². The van der Waals surface area contributed by atoms with E-state index in [0.29, 0.717) is 5.11 Å². The molecule has 1 aromatic heterocycles. The monoisotopic (exact) mass is 365 g/mol. The first-order chi connectivity index (χ1) is 12.5. The smallest absolute Gasteiger partial charge is 0.171 e. The molecule has 0 fully saturated rings. The molecule has 3 aromatic rings. The van der Waals surface area contributed by atoms with E-state index in [4.69, 9.17) is 17.0 Å². The summed E-state index contributed by atoms with van der Waals surface area (Å²) in [7, 11) is 1.65. The summed E-state index contributed by atoms with van der Waals surface area (Å²) in [6, 6.07) is 14.3. The molecule has 0 saturated heterocycles. The average Bonchev–Trinajstić information content (AvgIpc) is 2.61. The Morgan fingerprint density at radius 3 is 2.69 bits per heavy atom. The van der Waals surface area contributed by atoms with Crippen LogP contribution < -0.4 is 15.4 Å². The number of methoxy groups -OCH3 is 1. The molecule has 1 heterocycles. The van der Waals surface area contributed by atoms with Gasteiger partial charge in [-0.15, -0.1) is 0 Å². The van der Waals surface area contributed by atoms with E-state index < -0.39 is 0 Å². The quantitative estimate of drug-likeness (QED) is 0.644. The van der Waals surface area contributed by atoms with Gasteiger partial charge in [0, 0.05) is 17.3 Å². The number of pyridine rings is 1. The molecule has 2 N–H and O–H groups in total. The lowest BCUT2D eigenvalue weighted by atomic mass is 10.0. The Bertz CT molecular complexity index is 955. The molecule has 4 nitrogen and oxygen atoms in total. The molecule has 3 rings (SSSR count). The van der Waals surface area contributed by atoms with Crippen molar-refractivity contribution in [1.29, 1.82) is 0 Å². The Kier molecular flexibility index (Phi) is 5.38. The maximum Gasteiger partial charge on any atom is 0.171 e. The molecule has 0 saturated carbocycles. The van der Waals surface area contributed by atoms with Gasteiger partial charge in [0.2, 0.25) is 0 Å². The van der Waals surface area contributed by atoms with Gasteiger partial charge in [-0.2, -0.15) is 0 Å². The van der Waals surface area contributed by atoms with Crippen molar-refractivity contribution in [2.75, 3.05) is 12.4 Å². The van der Waals surface area contributed by atoms with Gasteiger partial charge in [-0.1, -0.05) is 23.8 Å². The number of hydrogen-bond acceptors (Lipinski definition) is 3. The fourth-order valence-electron chi connectivity index (χ4n) is 3.16. The Morgan fingerprint density at radius 1 is 1.15 bits per heavy atom. The Morgan fingerprint density at radius 2 is 1.96 bits per heavy atom. The molecule has 0 radical (unpaired) electrons. The van der Waals surface area contributed by atoms with Crippen LogP contribution in [0.2, 0.25) is 0 Å². The third-order valence-corrected chi connectivity index (χ3v) is 4.66. The number of benzene rings is 2. The van der Waals surface area contributed by atoms with Crippen LogP contribution in [0.3, 0.4) is 0 Å². The standard InChI is InChI=1S/C21H23N3OS/c1-13-7-8-16(14(2)12-13)15(3)23-21(26)24-18-9-10-19(25-4)20-17(18)6-5-11-22-20/h5-12,15H,1-4H3,(H2,23,24,26)/t15-/m0/s1. The first-order valence-corrected chi connectivity index (χ1v) is 8.97. The normalized spacial score (nSPS) is 11.8. The third kappa shape index (κ3) is 3.78. The van der Waals surface area contributed by atoms with Crippen molar-refractivity contribution in [2.45, 2.75) is 26.8 Å². The summed E-state index contributed by atoms with van der Waals surface area (Å²) >= 11 is 5.53. The highest BCUT2D eigenvalue weighted by Gasteiger charge is 2.12. The molecule has 2 aromatic carbocycles. The first kappa shape index (κ1) is 18.1. The summed E-state index contributed by atoms with van der Waals surface area (Å²) in [5.74, 6) is 0.744. The lowest BCUT2D eigenvalue weighted by molar-refractivity contribution is 0.419. The van der Waals surface area contributed by atoms with Crippen molar-refractivity contribution in [2.24, 2.45) is 0 Å². The van der Waals surface area contributed by atoms with Crippen molar-refractivity contribution in [3.8, 4) is 5.75 Å². The predicted molar refractivity (Wildman–Crippen MR) is 112 cm³/mol. The number of thiocarbonyl (C=S) groups is 1. The van der Waals surface area contributed by atoms with Crippen molar-refractivity contribution in [3.05, 3.63) is 65.4 Å². The largest absolute Gasteiger partial charge is 0.494 e. The van der Waals surface area contributed by atoms with Crippen molar-refractivity contribution < 1.29 is 4.74 Å². The second kappa shape index (κ2) is 7.70. The molecule has 0 aliphatic rings. The molecule has 26 heavy (non-hydrogen) atoms. The van der Waals surface area contributed by atoms with Gasteiger partial charge in [0.25, 0.3) is 0 Å². The Balaban J connectivity index is 1.79. The van der Waals surface area contributed by atoms with E-state index in [-0.39, 0.29) is 6.04 Å². The summed E-state index contributed by atoms with van der Waals surface area (Å²) in [5.41, 5.74) is 5.47. The van der Waals surface area contributed by atoms with Crippen LogP contribution in [0.25, 0.3) is 10.9 Å². The number of aromatic nitrogens is 1. The Hall–Kier alpha value is -2.66. The summed E-state index contributed by atoms with van der Waals surface area (Å²) in [4.78, 5) is 4.42. The van der Waals surface area contributed by atoms with Crippen LogP contribution in [-0.2, 0) is 0 Å². The van der Waals surface area contributed by atoms with Gasteiger partial charge in [0.15, 0.2) is 5.11 Å². The van der Waals surface area contributed by atoms with Gasteiger partial charge >= 0.3 is 0 Å². The highest BCUT2D eigenvalue weighted by Crippen LogP contribution is 2.29. The van der Waals surface area contributed by atoms with E-state index >= 15 is 0 Å². The van der Waals surface area contributed by atoms with Gasteiger partial charge in [-0.05, 0) is 68.4 Å². The molecule has 0 aliphatic heterocycles. The predicted octanol–water partition coefficient (Wildman–Crippen LogP) is 4.91. The molecule has 0 amide bonds. The van der Waals surface area contributed by atoms with Crippen LogP contribution >= 0.6 is 12.2 Å². The van der Waals surface area contributed by atoms with E-state index in [1.54, 1.807) is 13.3 Å². The number of fused-ring (bicyclic) bond motifs is 1. The van der Waals surface area contributed by atoms with Crippen LogP contribution in [0.1, 0.15) is 29.7 Å². The van der Waals surface area contributed by atoms with E-state index in [2.05, 4.69) is 54.6 Å². The van der Waals surface area contributed by atoms with E-state index in [9.17, 15) is 0 Å². The maximum absolute atomic E-state index is 5.53. The minimum absolute atomic E-state index is 0.109. The maximum atomic E-state index is 5.53. The second-order valence-corrected chi connectivity index (χ2v) is 6.80. The zero-order valence-corrected chi connectivity index (χ0v) is 16.3. The highest BCUT2D eigenvalue weighted by molar-refractivity contribution is 7.80. The number of hydrogen-bond donors (Lipinski definition) is 2. The second-order valence-electron chi connectivity index (χ2n) is 6.40. The summed E-state index contributed by atoms with van der Waals surface area (Å²) in [6.07, 6.45) is 1.76. The van der Waals surface area contributed by atoms with Gasteiger partial charge < -0.3 is 15.4 Å². The molecule has 0 spiro atoms.